The molecule has 0 heterocycles. The Morgan fingerprint density at radius 3 is 2.59 bits per heavy atom. The molecule has 0 saturated heterocycles. The molecule has 3 heteroatoms. The first kappa shape index (κ1) is 12.2. The second-order valence-corrected chi connectivity index (χ2v) is 4.89. The third-order valence-electron chi connectivity index (χ3n) is 3.56. The van der Waals surface area contributed by atoms with Gasteiger partial charge in [0.15, 0.2) is 0 Å². The molecule has 17 heavy (non-hydrogen) atoms. The van der Waals surface area contributed by atoms with Crippen LogP contribution >= 0.6 is 12.2 Å². The number of Topliss-reactive ketones (excluding diaryl/α,β-unsaturated/α-hetero) is 1. The van der Waals surface area contributed by atoms with E-state index >= 15 is 0 Å². The van der Waals surface area contributed by atoms with Gasteiger partial charge in [-0.1, -0.05) is 49.0 Å². The first-order valence-electron chi connectivity index (χ1n) is 6.03. The molecule has 2 rings (SSSR count). The molecule has 1 aliphatic rings. The van der Waals surface area contributed by atoms with Gasteiger partial charge in [0, 0.05) is 13.5 Å². The highest BCUT2D eigenvalue weighted by Gasteiger charge is 2.44. The molecule has 1 unspecified atom stereocenters. The summed E-state index contributed by atoms with van der Waals surface area (Å²) in [6, 6.07) is 9.92. The lowest BCUT2D eigenvalue weighted by molar-refractivity contribution is -0.123. The highest BCUT2D eigenvalue weighted by molar-refractivity contribution is 7.80. The first-order chi connectivity index (χ1) is 8.21. The van der Waals surface area contributed by atoms with Crippen molar-refractivity contribution in [2.45, 2.75) is 31.1 Å². The van der Waals surface area contributed by atoms with Gasteiger partial charge in [-0.2, -0.15) is 0 Å². The summed E-state index contributed by atoms with van der Waals surface area (Å²) in [6.07, 6.45) is 3.51. The fourth-order valence-corrected chi connectivity index (χ4v) is 2.97. The van der Waals surface area contributed by atoms with Gasteiger partial charge < -0.3 is 5.32 Å². The molecule has 2 nitrogen and oxygen atoms in total. The van der Waals surface area contributed by atoms with Crippen molar-refractivity contribution in [3.63, 3.8) is 0 Å². The van der Waals surface area contributed by atoms with Gasteiger partial charge in [-0.3, -0.25) is 4.79 Å². The van der Waals surface area contributed by atoms with Gasteiger partial charge in [0.2, 0.25) is 0 Å². The lowest BCUT2D eigenvalue weighted by Gasteiger charge is -2.36. The van der Waals surface area contributed by atoms with E-state index < -0.39 is 5.41 Å². The Bertz CT molecular complexity index is 419. The van der Waals surface area contributed by atoms with E-state index in [0.717, 1.165) is 24.8 Å². The van der Waals surface area contributed by atoms with Crippen LogP contribution in [0.25, 0.3) is 0 Å². The van der Waals surface area contributed by atoms with Crippen LogP contribution in [0.4, 0.5) is 0 Å². The minimum atomic E-state index is -0.580. The largest absolute Gasteiger partial charge is 0.382 e. The standard InChI is InChI=1S/C14H17NOS/c1-15-13(17)14(10-6-5-9-12(14)16)11-7-3-2-4-8-11/h2-4,7-8H,5-6,9-10H2,1H3,(H,15,17). The highest BCUT2D eigenvalue weighted by Crippen LogP contribution is 2.37. The summed E-state index contributed by atoms with van der Waals surface area (Å²) in [4.78, 5) is 13.1. The molecule has 1 aromatic carbocycles. The number of carbonyl (C=O) groups excluding carboxylic acids is 1. The lowest BCUT2D eigenvalue weighted by atomic mass is 9.68. The van der Waals surface area contributed by atoms with Crippen LogP contribution in [0.2, 0.25) is 0 Å². The molecule has 1 atom stereocenters. The number of nitrogens with one attached hydrogen (secondary N) is 1. The van der Waals surface area contributed by atoms with Crippen molar-refractivity contribution in [2.24, 2.45) is 0 Å². The van der Waals surface area contributed by atoms with Crippen LogP contribution in [0, 0.1) is 0 Å². The van der Waals surface area contributed by atoms with Gasteiger partial charge in [0.05, 0.1) is 4.99 Å². The molecule has 1 aliphatic carbocycles. The molecular formula is C14H17NOS. The average molecular weight is 247 g/mol. The van der Waals surface area contributed by atoms with E-state index in [1.807, 2.05) is 30.3 Å². The summed E-state index contributed by atoms with van der Waals surface area (Å²) in [5.41, 5.74) is 0.452. The van der Waals surface area contributed by atoms with E-state index in [-0.39, 0.29) is 5.78 Å². The van der Waals surface area contributed by atoms with Crippen molar-refractivity contribution in [1.29, 1.82) is 0 Å². The SMILES string of the molecule is CNC(=S)C1(c2ccccc2)CCCCC1=O. The molecule has 0 aliphatic heterocycles. The van der Waals surface area contributed by atoms with Gasteiger partial charge in [-0.15, -0.1) is 0 Å². The van der Waals surface area contributed by atoms with E-state index in [2.05, 4.69) is 5.32 Å². The Labute approximate surface area is 107 Å². The summed E-state index contributed by atoms with van der Waals surface area (Å²) >= 11 is 5.41. The van der Waals surface area contributed by atoms with E-state index in [1.165, 1.54) is 0 Å². The van der Waals surface area contributed by atoms with Crippen molar-refractivity contribution in [3.8, 4) is 0 Å². The zero-order valence-corrected chi connectivity index (χ0v) is 10.8. The van der Waals surface area contributed by atoms with Crippen LogP contribution in [0.5, 0.6) is 0 Å². The van der Waals surface area contributed by atoms with E-state index in [9.17, 15) is 4.79 Å². The molecular weight excluding hydrogens is 230 g/mol. The Hall–Kier alpha value is -1.22. The van der Waals surface area contributed by atoms with Crippen LogP contribution < -0.4 is 5.32 Å². The van der Waals surface area contributed by atoms with E-state index in [0.29, 0.717) is 11.4 Å². The summed E-state index contributed by atoms with van der Waals surface area (Å²) in [5.74, 6) is 0.259. The van der Waals surface area contributed by atoms with Crippen molar-refractivity contribution < 1.29 is 4.79 Å². The first-order valence-corrected chi connectivity index (χ1v) is 6.43. The maximum Gasteiger partial charge on any atom is 0.150 e. The van der Waals surface area contributed by atoms with Crippen molar-refractivity contribution >= 4 is 23.0 Å². The van der Waals surface area contributed by atoms with Crippen LogP contribution in [0.3, 0.4) is 0 Å². The second kappa shape index (κ2) is 4.96. The summed E-state index contributed by atoms with van der Waals surface area (Å²) < 4.78 is 0. The number of thiocarbonyl (C=S) groups is 1. The fraction of sp³-hybridized carbons (Fsp3) is 0.429. The molecule has 0 spiro atoms. The number of hydrogen-bond donors (Lipinski definition) is 1. The Balaban J connectivity index is 2.50. The van der Waals surface area contributed by atoms with Crippen LogP contribution in [-0.4, -0.2) is 17.8 Å². The van der Waals surface area contributed by atoms with Crippen molar-refractivity contribution in [1.82, 2.24) is 5.32 Å². The topological polar surface area (TPSA) is 29.1 Å². The van der Waals surface area contributed by atoms with Gasteiger partial charge in [-0.05, 0) is 18.4 Å². The molecule has 1 saturated carbocycles. The molecule has 0 amide bonds. The highest BCUT2D eigenvalue weighted by atomic mass is 32.1. The number of likely N-dealkylation sites (N-methyl/N-ethyl adjacent to an activating group) is 1. The molecule has 1 fully saturated rings. The number of ketones is 1. The number of benzene rings is 1. The monoisotopic (exact) mass is 247 g/mol. The Morgan fingerprint density at radius 1 is 1.29 bits per heavy atom. The molecule has 1 N–H and O–H groups in total. The summed E-state index contributed by atoms with van der Waals surface area (Å²) in [6.45, 7) is 0. The number of rotatable bonds is 2. The number of hydrogen-bond acceptors (Lipinski definition) is 2. The molecule has 90 valence electrons. The van der Waals surface area contributed by atoms with Gasteiger partial charge in [0.1, 0.15) is 11.2 Å². The van der Waals surface area contributed by atoms with Crippen molar-refractivity contribution in [2.75, 3.05) is 7.05 Å². The normalized spacial score (nSPS) is 24.4. The minimum absolute atomic E-state index is 0.259. The second-order valence-electron chi connectivity index (χ2n) is 4.48. The molecule has 0 radical (unpaired) electrons. The Kier molecular flexibility index (Phi) is 3.57. The quantitative estimate of drug-likeness (QED) is 0.815. The van der Waals surface area contributed by atoms with Gasteiger partial charge in [-0.25, -0.2) is 0 Å². The van der Waals surface area contributed by atoms with Crippen molar-refractivity contribution in [3.05, 3.63) is 35.9 Å². The van der Waals surface area contributed by atoms with Crippen LogP contribution in [0.1, 0.15) is 31.2 Å². The average Bonchev–Trinajstić information content (AvgIpc) is 2.39. The van der Waals surface area contributed by atoms with E-state index in [1.54, 1.807) is 7.05 Å². The van der Waals surface area contributed by atoms with Crippen LogP contribution in [-0.2, 0) is 10.2 Å². The maximum atomic E-state index is 12.4. The summed E-state index contributed by atoms with van der Waals surface area (Å²) in [7, 11) is 1.80. The summed E-state index contributed by atoms with van der Waals surface area (Å²) in [5, 5.41) is 3.02. The smallest absolute Gasteiger partial charge is 0.150 e. The lowest BCUT2D eigenvalue weighted by Crippen LogP contribution is -2.49. The molecule has 0 aromatic heterocycles. The van der Waals surface area contributed by atoms with E-state index in [4.69, 9.17) is 12.2 Å². The molecule has 0 bridgehead atoms. The third kappa shape index (κ3) is 2.00. The van der Waals surface area contributed by atoms with Gasteiger partial charge in [0.25, 0.3) is 0 Å². The zero-order valence-electron chi connectivity index (χ0n) is 10.0. The Morgan fingerprint density at radius 2 is 2.00 bits per heavy atom. The fourth-order valence-electron chi connectivity index (χ4n) is 2.64. The minimum Gasteiger partial charge on any atom is -0.382 e. The van der Waals surface area contributed by atoms with Crippen LogP contribution in [0.15, 0.2) is 30.3 Å². The van der Waals surface area contributed by atoms with Gasteiger partial charge >= 0.3 is 0 Å². The maximum absolute atomic E-state index is 12.4. The number of carbonyl (C=O) groups is 1. The predicted molar refractivity (Wildman–Crippen MR) is 73.3 cm³/mol. The zero-order chi connectivity index (χ0) is 12.3. The predicted octanol–water partition coefficient (Wildman–Crippen LogP) is 2.61. The molecule has 1 aromatic rings. The third-order valence-corrected chi connectivity index (χ3v) is 4.12.